The van der Waals surface area contributed by atoms with Crippen molar-refractivity contribution in [1.82, 2.24) is 9.88 Å². The molecular weight excluding hydrogens is 436 g/mol. The number of hydrogen-bond acceptors (Lipinski definition) is 6. The lowest BCUT2D eigenvalue weighted by molar-refractivity contribution is -0.0355. The first-order valence-corrected chi connectivity index (χ1v) is 13.7. The lowest BCUT2D eigenvalue weighted by Gasteiger charge is -2.48. The number of aliphatic hydroxyl groups excluding tert-OH is 1. The molecule has 1 spiro atoms. The molecule has 0 atom stereocenters. The molecule has 1 aromatic heterocycles. The van der Waals surface area contributed by atoms with Crippen molar-refractivity contribution >= 4 is 9.84 Å². The number of rotatable bonds is 6. The number of piperidine rings is 1. The number of aryl methyl sites for hydroxylation is 1. The molecule has 33 heavy (non-hydrogen) atoms. The zero-order valence-corrected chi connectivity index (χ0v) is 20.8. The van der Waals surface area contributed by atoms with E-state index >= 15 is 0 Å². The van der Waals surface area contributed by atoms with Gasteiger partial charge in [-0.25, -0.2) is 8.42 Å². The highest BCUT2D eigenvalue weighted by atomic mass is 32.2. The topological polar surface area (TPSA) is 79.7 Å². The smallest absolute Gasteiger partial charge is 0.154 e. The van der Waals surface area contributed by atoms with Gasteiger partial charge in [0.1, 0.15) is 11.4 Å². The van der Waals surface area contributed by atoms with Crippen molar-refractivity contribution in [2.75, 3.05) is 25.4 Å². The van der Waals surface area contributed by atoms with Crippen molar-refractivity contribution in [2.24, 2.45) is 0 Å². The summed E-state index contributed by atoms with van der Waals surface area (Å²) in [6.07, 6.45) is 6.08. The third-order valence-electron chi connectivity index (χ3n) is 6.98. The molecule has 0 radical (unpaired) electrons. The highest BCUT2D eigenvalue weighted by Gasteiger charge is 2.41. The Labute approximate surface area is 197 Å². The Kier molecular flexibility index (Phi) is 6.85. The number of aromatic nitrogens is 1. The third-order valence-corrected chi connectivity index (χ3v) is 8.66. The van der Waals surface area contributed by atoms with Gasteiger partial charge in [-0.3, -0.25) is 9.88 Å². The Balaban J connectivity index is 1.43. The van der Waals surface area contributed by atoms with E-state index in [0.29, 0.717) is 5.56 Å². The van der Waals surface area contributed by atoms with Crippen LogP contribution in [-0.2, 0) is 22.0 Å². The van der Waals surface area contributed by atoms with E-state index in [9.17, 15) is 8.42 Å². The average molecular weight is 473 g/mol. The van der Waals surface area contributed by atoms with Gasteiger partial charge in [-0.1, -0.05) is 6.07 Å². The highest BCUT2D eigenvalue weighted by molar-refractivity contribution is 7.90. The maximum atomic E-state index is 12.1. The third kappa shape index (κ3) is 5.76. The number of likely N-dealkylation sites (tertiary alicyclic amines) is 1. The zero-order valence-electron chi connectivity index (χ0n) is 20.0. The monoisotopic (exact) mass is 472 g/mol. The predicted octanol–water partition coefficient (Wildman–Crippen LogP) is 4.00. The first-order valence-electron chi connectivity index (χ1n) is 11.9. The predicted molar refractivity (Wildman–Crippen MR) is 131 cm³/mol. The Hall–Kier alpha value is -1.96. The Morgan fingerprint density at radius 3 is 2.52 bits per heavy atom. The number of hydrogen-bond donors (Lipinski definition) is 1. The van der Waals surface area contributed by atoms with Crippen LogP contribution in [0.15, 0.2) is 36.5 Å². The summed E-state index contributed by atoms with van der Waals surface area (Å²) in [6, 6.07) is 9.98. The van der Waals surface area contributed by atoms with Crippen LogP contribution in [0.5, 0.6) is 5.75 Å². The van der Waals surface area contributed by atoms with Crippen LogP contribution >= 0.6 is 0 Å². The normalized spacial score (nSPS) is 18.7. The maximum absolute atomic E-state index is 12.1. The molecule has 1 N–H and O–H groups in total. The van der Waals surface area contributed by atoms with E-state index in [1.807, 2.05) is 18.2 Å². The number of aliphatic hydroxyl groups is 1. The Morgan fingerprint density at radius 2 is 1.88 bits per heavy atom. The summed E-state index contributed by atoms with van der Waals surface area (Å²) in [6.45, 7) is 8.86. The van der Waals surface area contributed by atoms with Crippen molar-refractivity contribution in [2.45, 2.75) is 69.8 Å². The summed E-state index contributed by atoms with van der Waals surface area (Å²) in [4.78, 5) is 7.07. The van der Waals surface area contributed by atoms with Crippen molar-refractivity contribution in [1.29, 1.82) is 0 Å². The minimum absolute atomic E-state index is 0.00813. The summed E-state index contributed by atoms with van der Waals surface area (Å²) in [5.74, 6) is 0.930. The van der Waals surface area contributed by atoms with Crippen LogP contribution in [-0.4, -0.2) is 60.0 Å². The fourth-order valence-corrected chi connectivity index (χ4v) is 6.30. The summed E-state index contributed by atoms with van der Waals surface area (Å²) in [5.41, 5.74) is 3.89. The van der Waals surface area contributed by atoms with Gasteiger partial charge >= 0.3 is 0 Å². The number of pyridine rings is 1. The Bertz CT molecular complexity index is 1070. The van der Waals surface area contributed by atoms with Crippen LogP contribution < -0.4 is 4.74 Å². The molecule has 2 aliphatic heterocycles. The average Bonchev–Trinajstić information content (AvgIpc) is 2.77. The van der Waals surface area contributed by atoms with Gasteiger partial charge < -0.3 is 9.84 Å². The molecule has 2 aliphatic rings. The van der Waals surface area contributed by atoms with E-state index in [1.165, 1.54) is 5.56 Å². The van der Waals surface area contributed by atoms with Gasteiger partial charge in [-0.05, 0) is 88.3 Å². The van der Waals surface area contributed by atoms with Crippen LogP contribution in [0.4, 0.5) is 0 Å². The highest BCUT2D eigenvalue weighted by Crippen LogP contribution is 2.41. The van der Waals surface area contributed by atoms with Gasteiger partial charge in [-0.2, -0.15) is 0 Å². The first kappa shape index (κ1) is 24.2. The second kappa shape index (κ2) is 9.35. The minimum atomic E-state index is -3.23. The molecule has 1 saturated heterocycles. The van der Waals surface area contributed by atoms with E-state index in [0.717, 1.165) is 55.8 Å². The molecular formula is C26H36N2O4S. The number of ether oxygens (including phenoxy) is 1. The van der Waals surface area contributed by atoms with Gasteiger partial charge in [0.2, 0.25) is 0 Å². The van der Waals surface area contributed by atoms with Crippen molar-refractivity contribution < 1.29 is 18.3 Å². The zero-order chi connectivity index (χ0) is 23.7. The standard InChI is InChI=1S/C26H36N2O4S/c1-25(2,3)28-13-11-26(12-14-28)10-9-22-17-21(6-8-24(22)32-26)23-7-5-20(18-27-23)19-33(30,31)16-4-15-29/h5-8,17-18,29H,4,9-16,19H2,1-3H3. The van der Waals surface area contributed by atoms with E-state index < -0.39 is 9.84 Å². The minimum Gasteiger partial charge on any atom is -0.487 e. The maximum Gasteiger partial charge on any atom is 0.154 e. The van der Waals surface area contributed by atoms with E-state index in [-0.39, 0.29) is 35.7 Å². The lowest BCUT2D eigenvalue weighted by Crippen LogP contribution is -2.54. The van der Waals surface area contributed by atoms with Crippen LogP contribution in [0.1, 0.15) is 57.6 Å². The molecule has 4 rings (SSSR count). The van der Waals surface area contributed by atoms with E-state index in [2.05, 4.69) is 42.8 Å². The van der Waals surface area contributed by atoms with Gasteiger partial charge in [0, 0.05) is 37.0 Å². The van der Waals surface area contributed by atoms with Gasteiger partial charge in [0.05, 0.1) is 17.2 Å². The van der Waals surface area contributed by atoms with Crippen LogP contribution in [0.3, 0.4) is 0 Å². The van der Waals surface area contributed by atoms with Crippen LogP contribution in [0.25, 0.3) is 11.3 Å². The molecule has 6 nitrogen and oxygen atoms in total. The van der Waals surface area contributed by atoms with Gasteiger partial charge in [-0.15, -0.1) is 0 Å². The second-order valence-electron chi connectivity index (χ2n) is 10.5. The van der Waals surface area contributed by atoms with E-state index in [1.54, 1.807) is 6.20 Å². The quantitative estimate of drug-likeness (QED) is 0.685. The summed E-state index contributed by atoms with van der Waals surface area (Å²) in [7, 11) is -3.23. The number of sulfone groups is 1. The molecule has 0 amide bonds. The summed E-state index contributed by atoms with van der Waals surface area (Å²) >= 11 is 0. The first-order chi connectivity index (χ1) is 15.6. The molecule has 0 unspecified atom stereocenters. The number of nitrogens with zero attached hydrogens (tertiary/aromatic N) is 2. The molecule has 0 saturated carbocycles. The molecule has 0 aliphatic carbocycles. The number of benzene rings is 1. The molecule has 0 bridgehead atoms. The van der Waals surface area contributed by atoms with Gasteiger partial charge in [0.15, 0.2) is 9.84 Å². The fraction of sp³-hybridized carbons (Fsp3) is 0.577. The largest absolute Gasteiger partial charge is 0.487 e. The molecule has 180 valence electrons. The fourth-order valence-electron chi connectivity index (χ4n) is 4.91. The van der Waals surface area contributed by atoms with Crippen molar-refractivity contribution in [3.8, 4) is 17.0 Å². The van der Waals surface area contributed by atoms with Crippen LogP contribution in [0, 0.1) is 0 Å². The molecule has 2 aromatic rings. The molecule has 1 aromatic carbocycles. The molecule has 3 heterocycles. The summed E-state index contributed by atoms with van der Waals surface area (Å²) < 4.78 is 30.8. The Morgan fingerprint density at radius 1 is 1.12 bits per heavy atom. The van der Waals surface area contributed by atoms with E-state index in [4.69, 9.17) is 9.84 Å². The molecule has 1 fully saturated rings. The lowest BCUT2D eigenvalue weighted by atomic mass is 9.81. The second-order valence-corrected chi connectivity index (χ2v) is 12.7. The van der Waals surface area contributed by atoms with Crippen molar-refractivity contribution in [3.05, 3.63) is 47.7 Å². The number of fused-ring (bicyclic) bond motifs is 1. The van der Waals surface area contributed by atoms with Crippen LogP contribution in [0.2, 0.25) is 0 Å². The van der Waals surface area contributed by atoms with Gasteiger partial charge in [0.25, 0.3) is 0 Å². The summed E-state index contributed by atoms with van der Waals surface area (Å²) in [5, 5.41) is 8.87. The van der Waals surface area contributed by atoms with Crippen molar-refractivity contribution in [3.63, 3.8) is 0 Å². The molecule has 7 heteroatoms. The SMILES string of the molecule is CC(C)(C)N1CCC2(CCc3cc(-c4ccc(CS(=O)(=O)CCCO)cn4)ccc3O2)CC1.